The van der Waals surface area contributed by atoms with E-state index in [0.29, 0.717) is 33.8 Å². The Morgan fingerprint density at radius 1 is 0.971 bits per heavy atom. The van der Waals surface area contributed by atoms with Gasteiger partial charge in [-0.25, -0.2) is 9.48 Å². The lowest BCUT2D eigenvalue weighted by atomic mass is 9.92. The second-order valence-corrected chi connectivity index (χ2v) is 10.0. The fourth-order valence-corrected chi connectivity index (χ4v) is 3.65. The van der Waals surface area contributed by atoms with Crippen LogP contribution in [-0.4, -0.2) is 39.7 Å². The maximum atomic E-state index is 13.0. The minimum atomic E-state index is -0.347. The van der Waals surface area contributed by atoms with Crippen molar-refractivity contribution < 1.29 is 9.59 Å². The lowest BCUT2D eigenvalue weighted by Gasteiger charge is -2.21. The van der Waals surface area contributed by atoms with E-state index < -0.39 is 0 Å². The maximum Gasteiger partial charge on any atom is 0.322 e. The van der Waals surface area contributed by atoms with Gasteiger partial charge in [-0.1, -0.05) is 63.0 Å². The molecule has 0 bridgehead atoms. The van der Waals surface area contributed by atoms with Crippen LogP contribution in [0.5, 0.6) is 0 Å². The first-order valence-corrected chi connectivity index (χ1v) is 12.3. The molecule has 0 radical (unpaired) electrons. The number of aryl methyl sites for hydroxylation is 1. The summed E-state index contributed by atoms with van der Waals surface area (Å²) in [6.45, 7) is 10.3. The van der Waals surface area contributed by atoms with Crippen molar-refractivity contribution >= 4 is 46.6 Å². The summed E-state index contributed by atoms with van der Waals surface area (Å²) in [5.74, 6) is 0.134. The highest BCUT2D eigenvalue weighted by Crippen LogP contribution is 2.29. The van der Waals surface area contributed by atoms with Crippen LogP contribution in [-0.2, 0) is 16.6 Å². The Morgan fingerprint density at radius 3 is 2.23 bits per heavy atom. The van der Waals surface area contributed by atoms with E-state index in [-0.39, 0.29) is 23.9 Å². The molecular weight excluding hydrogens is 485 g/mol. The fourth-order valence-electron chi connectivity index (χ4n) is 3.36. The van der Waals surface area contributed by atoms with Gasteiger partial charge in [-0.3, -0.25) is 4.79 Å². The molecule has 3 aromatic rings. The number of urea groups is 1. The second-order valence-electron chi connectivity index (χ2n) is 9.22. The van der Waals surface area contributed by atoms with E-state index in [1.165, 1.54) is 10.5 Å². The van der Waals surface area contributed by atoms with E-state index in [9.17, 15) is 9.59 Å². The van der Waals surface area contributed by atoms with Crippen molar-refractivity contribution in [3.63, 3.8) is 0 Å². The Hall–Kier alpha value is -3.03. The van der Waals surface area contributed by atoms with Gasteiger partial charge in [-0.2, -0.15) is 5.10 Å². The summed E-state index contributed by atoms with van der Waals surface area (Å²) in [7, 11) is 0. The summed E-state index contributed by atoms with van der Waals surface area (Å²) >= 11 is 12.3. The van der Waals surface area contributed by atoms with Gasteiger partial charge >= 0.3 is 6.03 Å². The molecule has 0 atom stereocenters. The number of nitrogens with one attached hydrogen (secondary N) is 2. The van der Waals surface area contributed by atoms with Gasteiger partial charge < -0.3 is 15.5 Å². The molecule has 1 aromatic heterocycles. The Labute approximate surface area is 216 Å². The van der Waals surface area contributed by atoms with Crippen LogP contribution in [0.4, 0.5) is 16.3 Å². The number of carbonyl (C=O) groups is 2. The molecule has 0 saturated heterocycles. The molecule has 1 heterocycles. The first-order valence-electron chi connectivity index (χ1n) is 11.5. The number of hydrogen-bond donors (Lipinski definition) is 2. The lowest BCUT2D eigenvalue weighted by Crippen LogP contribution is -2.40. The molecule has 0 aliphatic carbocycles. The summed E-state index contributed by atoms with van der Waals surface area (Å²) in [6.07, 6.45) is 0.922. The van der Waals surface area contributed by atoms with Crippen LogP contribution in [0.15, 0.2) is 48.5 Å². The Kier molecular flexibility index (Phi) is 8.46. The average molecular weight is 516 g/mol. The zero-order chi connectivity index (χ0) is 25.8. The quantitative estimate of drug-likeness (QED) is 0.375. The molecule has 2 N–H and O–H groups in total. The zero-order valence-corrected chi connectivity index (χ0v) is 22.2. The van der Waals surface area contributed by atoms with Crippen LogP contribution in [0.2, 0.25) is 10.0 Å². The number of aromatic nitrogens is 2. The monoisotopic (exact) mass is 515 g/mol. The lowest BCUT2D eigenvalue weighted by molar-refractivity contribution is -0.116. The number of hydrogen-bond acceptors (Lipinski definition) is 3. The minimum absolute atomic E-state index is 0.118. The third-order valence-electron chi connectivity index (χ3n) is 5.51. The molecule has 9 heteroatoms. The molecule has 3 rings (SSSR count). The van der Waals surface area contributed by atoms with Gasteiger partial charge in [0.15, 0.2) is 0 Å². The third-order valence-corrected chi connectivity index (χ3v) is 6.25. The molecule has 0 aliphatic rings. The van der Waals surface area contributed by atoms with E-state index in [1.807, 2.05) is 58.0 Å². The van der Waals surface area contributed by atoms with Gasteiger partial charge in [-0.15, -0.1) is 0 Å². The summed E-state index contributed by atoms with van der Waals surface area (Å²) in [6, 6.07) is 14.3. The predicted octanol–water partition coefficient (Wildman–Crippen LogP) is 6.53. The SMILES string of the molecule is CCc1ccc(NC(=O)N(CC)CC(=O)Nc2cc(C(C)(C)C)nn2-c2ccc(Cl)c(Cl)c2)cc1. The highest BCUT2D eigenvalue weighted by atomic mass is 35.5. The Bertz CT molecular complexity index is 1200. The van der Waals surface area contributed by atoms with Crippen molar-refractivity contribution in [2.75, 3.05) is 23.7 Å². The number of carbonyl (C=O) groups excluding carboxylic acids is 2. The largest absolute Gasteiger partial charge is 0.322 e. The molecular formula is C26H31Cl2N5O2. The fraction of sp³-hybridized carbons (Fsp3) is 0.346. The van der Waals surface area contributed by atoms with Crippen LogP contribution >= 0.6 is 23.2 Å². The van der Waals surface area contributed by atoms with Gasteiger partial charge in [0.05, 0.1) is 21.4 Å². The zero-order valence-electron chi connectivity index (χ0n) is 20.7. The van der Waals surface area contributed by atoms with Gasteiger partial charge in [0.25, 0.3) is 0 Å². The molecule has 0 fully saturated rings. The first-order chi connectivity index (χ1) is 16.5. The molecule has 35 heavy (non-hydrogen) atoms. The van der Waals surface area contributed by atoms with E-state index >= 15 is 0 Å². The minimum Gasteiger partial charge on any atom is -0.315 e. The first kappa shape index (κ1) is 26.6. The molecule has 3 amide bonds. The number of benzene rings is 2. The smallest absolute Gasteiger partial charge is 0.315 e. The Morgan fingerprint density at radius 2 is 1.66 bits per heavy atom. The number of amides is 3. The van der Waals surface area contributed by atoms with Crippen molar-refractivity contribution in [3.05, 3.63) is 69.8 Å². The van der Waals surface area contributed by atoms with Crippen molar-refractivity contribution in [3.8, 4) is 5.69 Å². The van der Waals surface area contributed by atoms with E-state index in [1.54, 1.807) is 22.9 Å². The number of rotatable bonds is 7. The van der Waals surface area contributed by atoms with Crippen LogP contribution in [0.25, 0.3) is 5.69 Å². The van der Waals surface area contributed by atoms with Crippen molar-refractivity contribution in [1.29, 1.82) is 0 Å². The number of likely N-dealkylation sites (N-methyl/N-ethyl adjacent to an activating group) is 1. The Balaban J connectivity index is 1.77. The summed E-state index contributed by atoms with van der Waals surface area (Å²) in [4.78, 5) is 27.2. The molecule has 0 saturated carbocycles. The normalized spacial score (nSPS) is 11.3. The van der Waals surface area contributed by atoms with Gasteiger partial charge in [0.2, 0.25) is 5.91 Å². The topological polar surface area (TPSA) is 79.3 Å². The number of nitrogens with zero attached hydrogens (tertiary/aromatic N) is 3. The van der Waals surface area contributed by atoms with Crippen LogP contribution in [0.3, 0.4) is 0 Å². The maximum absolute atomic E-state index is 13.0. The average Bonchev–Trinajstić information content (AvgIpc) is 3.24. The number of anilines is 2. The summed E-state index contributed by atoms with van der Waals surface area (Å²) in [5.41, 5.74) is 3.07. The molecule has 2 aromatic carbocycles. The van der Waals surface area contributed by atoms with Gasteiger partial charge in [0, 0.05) is 23.7 Å². The predicted molar refractivity (Wildman–Crippen MR) is 143 cm³/mol. The second kappa shape index (κ2) is 11.1. The van der Waals surface area contributed by atoms with E-state index in [4.69, 9.17) is 23.2 Å². The van der Waals surface area contributed by atoms with E-state index in [0.717, 1.165) is 12.1 Å². The van der Waals surface area contributed by atoms with Gasteiger partial charge in [-0.05, 0) is 49.2 Å². The van der Waals surface area contributed by atoms with Crippen LogP contribution < -0.4 is 10.6 Å². The van der Waals surface area contributed by atoms with Crippen LogP contribution in [0, 0.1) is 0 Å². The highest BCUT2D eigenvalue weighted by Gasteiger charge is 2.23. The van der Waals surface area contributed by atoms with Crippen LogP contribution in [0.1, 0.15) is 45.9 Å². The summed E-state index contributed by atoms with van der Waals surface area (Å²) < 4.78 is 1.62. The van der Waals surface area contributed by atoms with Gasteiger partial charge in [0.1, 0.15) is 12.4 Å². The molecule has 186 valence electrons. The van der Waals surface area contributed by atoms with Crippen molar-refractivity contribution in [2.45, 2.75) is 46.5 Å². The molecule has 0 spiro atoms. The summed E-state index contributed by atoms with van der Waals surface area (Å²) in [5, 5.41) is 11.2. The third kappa shape index (κ3) is 6.77. The molecule has 7 nitrogen and oxygen atoms in total. The standard InChI is InChI=1S/C26H31Cl2N5O2/c1-6-17-8-10-18(11-9-17)29-25(35)32(7-2)16-24(34)30-23-15-22(26(3,4)5)31-33(23)19-12-13-20(27)21(28)14-19/h8-15H,6-7,16H2,1-5H3,(H,29,35)(H,30,34). The van der Waals surface area contributed by atoms with E-state index in [2.05, 4.69) is 22.7 Å². The molecule has 0 unspecified atom stereocenters. The molecule has 0 aliphatic heterocycles. The van der Waals surface area contributed by atoms with Crippen molar-refractivity contribution in [2.24, 2.45) is 0 Å². The highest BCUT2D eigenvalue weighted by molar-refractivity contribution is 6.42. The van der Waals surface area contributed by atoms with Crippen molar-refractivity contribution in [1.82, 2.24) is 14.7 Å². The number of halogens is 2.